The van der Waals surface area contributed by atoms with Gasteiger partial charge in [0.2, 0.25) is 0 Å². The zero-order chi connectivity index (χ0) is 21.4. The lowest BCUT2D eigenvalue weighted by Gasteiger charge is -2.28. The zero-order valence-electron chi connectivity index (χ0n) is 16.9. The fourth-order valence-electron chi connectivity index (χ4n) is 3.60. The van der Waals surface area contributed by atoms with Gasteiger partial charge in [-0.25, -0.2) is 9.69 Å². The molecule has 0 saturated carbocycles. The van der Waals surface area contributed by atoms with E-state index in [0.29, 0.717) is 17.0 Å². The lowest BCUT2D eigenvalue weighted by atomic mass is 9.99. The predicted octanol–water partition coefficient (Wildman–Crippen LogP) is 4.13. The largest absolute Gasteiger partial charge is 0.496 e. The summed E-state index contributed by atoms with van der Waals surface area (Å²) >= 11 is 0. The summed E-state index contributed by atoms with van der Waals surface area (Å²) in [6, 6.07) is 15.9. The first-order valence-electron chi connectivity index (χ1n) is 9.45. The van der Waals surface area contributed by atoms with Gasteiger partial charge >= 0.3 is 6.03 Å². The third-order valence-electron chi connectivity index (χ3n) is 5.36. The molecule has 6 nitrogen and oxygen atoms in total. The Balaban J connectivity index is 1.89. The molecule has 1 aliphatic heterocycles. The predicted molar refractivity (Wildman–Crippen MR) is 115 cm³/mol. The van der Waals surface area contributed by atoms with Crippen LogP contribution in [-0.4, -0.2) is 25.0 Å². The van der Waals surface area contributed by atoms with Gasteiger partial charge in [-0.15, -0.1) is 0 Å². The summed E-state index contributed by atoms with van der Waals surface area (Å²) in [7, 11) is 1.53. The Morgan fingerprint density at radius 3 is 2.47 bits per heavy atom. The van der Waals surface area contributed by atoms with Gasteiger partial charge in [0.15, 0.2) is 0 Å². The number of methoxy groups -OCH3 is 1. The van der Waals surface area contributed by atoms with E-state index in [-0.39, 0.29) is 5.57 Å². The molecular weight excluding hydrogens is 380 g/mol. The Labute approximate surface area is 173 Å². The second kappa shape index (κ2) is 7.48. The van der Waals surface area contributed by atoms with Crippen molar-refractivity contribution in [1.82, 2.24) is 5.32 Å². The van der Waals surface area contributed by atoms with Crippen molar-refractivity contribution in [3.05, 3.63) is 76.9 Å². The van der Waals surface area contributed by atoms with E-state index in [4.69, 9.17) is 4.74 Å². The second-order valence-corrected chi connectivity index (χ2v) is 7.08. The molecule has 0 bridgehead atoms. The lowest BCUT2D eigenvalue weighted by molar-refractivity contribution is -0.122. The van der Waals surface area contributed by atoms with E-state index in [1.165, 1.54) is 13.2 Å². The summed E-state index contributed by atoms with van der Waals surface area (Å²) in [5, 5.41) is 4.05. The number of rotatable bonds is 3. The van der Waals surface area contributed by atoms with Crippen LogP contribution in [0.15, 0.2) is 60.2 Å². The molecule has 1 saturated heterocycles. The van der Waals surface area contributed by atoms with Crippen LogP contribution < -0.4 is 15.0 Å². The van der Waals surface area contributed by atoms with Crippen LogP contribution in [0.3, 0.4) is 0 Å². The van der Waals surface area contributed by atoms with Crippen LogP contribution in [0.2, 0.25) is 0 Å². The smallest absolute Gasteiger partial charge is 0.335 e. The summed E-state index contributed by atoms with van der Waals surface area (Å²) in [5.41, 5.74) is 2.64. The maximum absolute atomic E-state index is 13.3. The molecule has 30 heavy (non-hydrogen) atoms. The third kappa shape index (κ3) is 3.12. The van der Waals surface area contributed by atoms with Gasteiger partial charge in [0.25, 0.3) is 11.8 Å². The average Bonchev–Trinajstić information content (AvgIpc) is 2.73. The highest BCUT2D eigenvalue weighted by molar-refractivity contribution is 6.39. The molecule has 0 spiro atoms. The zero-order valence-corrected chi connectivity index (χ0v) is 16.9. The molecule has 0 aliphatic carbocycles. The molecule has 6 heteroatoms. The van der Waals surface area contributed by atoms with Crippen molar-refractivity contribution >= 4 is 40.4 Å². The van der Waals surface area contributed by atoms with Crippen LogP contribution in [0.4, 0.5) is 10.5 Å². The highest BCUT2D eigenvalue weighted by Gasteiger charge is 2.37. The number of imide groups is 2. The quantitative estimate of drug-likeness (QED) is 0.530. The minimum absolute atomic E-state index is 0.134. The Morgan fingerprint density at radius 2 is 1.70 bits per heavy atom. The average molecular weight is 400 g/mol. The Hall–Kier alpha value is -3.93. The van der Waals surface area contributed by atoms with Crippen molar-refractivity contribution in [2.24, 2.45) is 0 Å². The minimum atomic E-state index is -0.763. The monoisotopic (exact) mass is 400 g/mol. The standard InChI is InChI=1S/C24H20N2O4/c1-14-7-6-10-20(15(14)2)26-23(28)19(22(27)25-24(26)29)13-18-17-9-5-4-8-16(17)11-12-21(18)30-3/h4-13H,1-3H3,(H,25,27,29)/b19-13+. The number of aryl methyl sites for hydroxylation is 1. The highest BCUT2D eigenvalue weighted by Crippen LogP contribution is 2.32. The normalized spacial score (nSPS) is 15.6. The van der Waals surface area contributed by atoms with Crippen molar-refractivity contribution in [2.45, 2.75) is 13.8 Å². The van der Waals surface area contributed by atoms with E-state index in [0.717, 1.165) is 26.8 Å². The summed E-state index contributed by atoms with van der Waals surface area (Å²) in [6.07, 6.45) is 1.49. The second-order valence-electron chi connectivity index (χ2n) is 7.08. The Morgan fingerprint density at radius 1 is 0.933 bits per heavy atom. The molecule has 1 aliphatic rings. The number of nitrogens with one attached hydrogen (secondary N) is 1. The molecule has 0 aromatic heterocycles. The molecule has 3 aromatic rings. The van der Waals surface area contributed by atoms with E-state index >= 15 is 0 Å². The molecule has 3 aromatic carbocycles. The third-order valence-corrected chi connectivity index (χ3v) is 5.36. The van der Waals surface area contributed by atoms with Crippen molar-refractivity contribution < 1.29 is 19.1 Å². The number of anilines is 1. The van der Waals surface area contributed by atoms with Crippen molar-refractivity contribution in [1.29, 1.82) is 0 Å². The number of urea groups is 1. The molecule has 4 rings (SSSR count). The fraction of sp³-hybridized carbons (Fsp3) is 0.125. The van der Waals surface area contributed by atoms with Crippen molar-refractivity contribution in [3.63, 3.8) is 0 Å². The summed E-state index contributed by atoms with van der Waals surface area (Å²) in [6.45, 7) is 3.73. The molecular formula is C24H20N2O4. The van der Waals surface area contributed by atoms with E-state index in [9.17, 15) is 14.4 Å². The number of fused-ring (bicyclic) bond motifs is 1. The van der Waals surface area contributed by atoms with Crippen LogP contribution in [0, 0.1) is 13.8 Å². The van der Waals surface area contributed by atoms with E-state index in [2.05, 4.69) is 5.32 Å². The van der Waals surface area contributed by atoms with Gasteiger partial charge < -0.3 is 4.74 Å². The van der Waals surface area contributed by atoms with Crippen LogP contribution in [-0.2, 0) is 9.59 Å². The van der Waals surface area contributed by atoms with Crippen LogP contribution in [0.25, 0.3) is 16.8 Å². The lowest BCUT2D eigenvalue weighted by Crippen LogP contribution is -2.54. The van der Waals surface area contributed by atoms with Crippen LogP contribution >= 0.6 is 0 Å². The van der Waals surface area contributed by atoms with E-state index in [1.54, 1.807) is 18.2 Å². The topological polar surface area (TPSA) is 75.7 Å². The molecule has 150 valence electrons. The molecule has 0 atom stereocenters. The van der Waals surface area contributed by atoms with Crippen LogP contribution in [0.5, 0.6) is 5.75 Å². The number of benzene rings is 3. The van der Waals surface area contributed by atoms with E-state index < -0.39 is 17.8 Å². The number of ether oxygens (including phenoxy) is 1. The summed E-state index contributed by atoms with van der Waals surface area (Å²) in [4.78, 5) is 39.4. The maximum atomic E-state index is 13.3. The number of carbonyl (C=O) groups excluding carboxylic acids is 3. The van der Waals surface area contributed by atoms with Crippen molar-refractivity contribution in [3.8, 4) is 5.75 Å². The number of carbonyl (C=O) groups is 3. The van der Waals surface area contributed by atoms with Crippen molar-refractivity contribution in [2.75, 3.05) is 12.0 Å². The van der Waals surface area contributed by atoms with E-state index in [1.807, 2.05) is 50.2 Å². The molecule has 1 fully saturated rings. The number of nitrogens with zero attached hydrogens (tertiary/aromatic N) is 1. The summed E-state index contributed by atoms with van der Waals surface area (Å²) in [5.74, 6) is -0.883. The van der Waals surface area contributed by atoms with Gasteiger partial charge in [-0.3, -0.25) is 14.9 Å². The number of hydrogen-bond donors (Lipinski definition) is 1. The SMILES string of the molecule is COc1ccc2ccccc2c1/C=C1\C(=O)NC(=O)N(c2cccc(C)c2C)C1=O. The Bertz CT molecular complexity index is 1240. The first-order valence-corrected chi connectivity index (χ1v) is 9.45. The minimum Gasteiger partial charge on any atom is -0.496 e. The van der Waals surface area contributed by atoms with Gasteiger partial charge in [-0.2, -0.15) is 0 Å². The molecule has 4 amide bonds. The number of amides is 4. The first kappa shape index (κ1) is 19.4. The Kier molecular flexibility index (Phi) is 4.83. The van der Waals surface area contributed by atoms with Gasteiger partial charge in [-0.1, -0.05) is 42.5 Å². The van der Waals surface area contributed by atoms with Gasteiger partial charge in [0.1, 0.15) is 11.3 Å². The number of barbiturate groups is 1. The van der Waals surface area contributed by atoms with Gasteiger partial charge in [0, 0.05) is 5.56 Å². The van der Waals surface area contributed by atoms with Crippen LogP contribution in [0.1, 0.15) is 16.7 Å². The molecule has 1 N–H and O–H groups in total. The summed E-state index contributed by atoms with van der Waals surface area (Å²) < 4.78 is 5.46. The first-order chi connectivity index (χ1) is 14.4. The fourth-order valence-corrected chi connectivity index (χ4v) is 3.60. The maximum Gasteiger partial charge on any atom is 0.335 e. The molecule has 0 unspecified atom stereocenters. The molecule has 1 heterocycles. The van der Waals surface area contributed by atoms with Gasteiger partial charge in [0.05, 0.1) is 12.8 Å². The van der Waals surface area contributed by atoms with Gasteiger partial charge in [-0.05, 0) is 54.0 Å². The number of hydrogen-bond acceptors (Lipinski definition) is 4. The molecule has 0 radical (unpaired) electrons. The highest BCUT2D eigenvalue weighted by atomic mass is 16.5.